The summed E-state index contributed by atoms with van der Waals surface area (Å²) < 4.78 is 5.73. The molecule has 0 radical (unpaired) electrons. The smallest absolute Gasteiger partial charge is 0.266 e. The fraction of sp³-hybridized carbons (Fsp3) is 0.474. The Morgan fingerprint density at radius 3 is 2.85 bits per heavy atom. The standard InChI is InChI=1S/C19H23N7O/c27-19-6-5-18(24-9-7-20-13-24)22-26(19)12-16-2-1-8-23(16)11-17-10-21-14-25(17)15-3-4-15/h5-7,9-10,13-16H,1-4,8,11-12H2. The Bertz CT molecular complexity index is 970. The summed E-state index contributed by atoms with van der Waals surface area (Å²) in [6.07, 6.45) is 13.9. The Morgan fingerprint density at radius 1 is 1.11 bits per heavy atom. The molecule has 5 rings (SSSR count). The van der Waals surface area contributed by atoms with Gasteiger partial charge in [0.05, 0.1) is 18.6 Å². The van der Waals surface area contributed by atoms with Crippen molar-refractivity contribution in [1.82, 2.24) is 33.8 Å². The predicted molar refractivity (Wildman–Crippen MR) is 99.5 cm³/mol. The summed E-state index contributed by atoms with van der Waals surface area (Å²) in [5, 5.41) is 4.55. The molecule has 2 aliphatic rings. The highest BCUT2D eigenvalue weighted by atomic mass is 16.1. The van der Waals surface area contributed by atoms with Crippen LogP contribution in [-0.2, 0) is 13.1 Å². The second kappa shape index (κ2) is 6.77. The highest BCUT2D eigenvalue weighted by molar-refractivity contribution is 5.19. The molecule has 140 valence electrons. The first kappa shape index (κ1) is 16.4. The first-order chi connectivity index (χ1) is 13.3. The number of aromatic nitrogens is 6. The molecule has 1 saturated carbocycles. The van der Waals surface area contributed by atoms with Crippen LogP contribution < -0.4 is 5.56 Å². The first-order valence-corrected chi connectivity index (χ1v) is 9.59. The van der Waals surface area contributed by atoms with Gasteiger partial charge in [0.15, 0.2) is 5.82 Å². The van der Waals surface area contributed by atoms with Gasteiger partial charge in [0.25, 0.3) is 5.56 Å². The maximum Gasteiger partial charge on any atom is 0.266 e. The molecular formula is C19H23N7O. The van der Waals surface area contributed by atoms with Crippen molar-refractivity contribution in [3.63, 3.8) is 0 Å². The maximum absolute atomic E-state index is 12.3. The summed E-state index contributed by atoms with van der Waals surface area (Å²) in [7, 11) is 0. The van der Waals surface area contributed by atoms with Gasteiger partial charge in [-0.25, -0.2) is 14.6 Å². The zero-order valence-electron chi connectivity index (χ0n) is 15.2. The van der Waals surface area contributed by atoms with Crippen molar-refractivity contribution in [2.45, 2.75) is 50.9 Å². The average Bonchev–Trinajstić information content (AvgIpc) is 3.07. The largest absolute Gasteiger partial charge is 0.330 e. The summed E-state index contributed by atoms with van der Waals surface area (Å²) in [4.78, 5) is 23.2. The predicted octanol–water partition coefficient (Wildman–Crippen LogP) is 1.62. The lowest BCUT2D eigenvalue weighted by Crippen LogP contribution is -2.37. The molecule has 8 nitrogen and oxygen atoms in total. The van der Waals surface area contributed by atoms with E-state index in [0.29, 0.717) is 24.4 Å². The van der Waals surface area contributed by atoms with E-state index >= 15 is 0 Å². The number of hydrogen-bond donors (Lipinski definition) is 0. The van der Waals surface area contributed by atoms with Gasteiger partial charge in [-0.15, -0.1) is 0 Å². The minimum atomic E-state index is -0.0614. The van der Waals surface area contributed by atoms with Crippen LogP contribution in [0.4, 0.5) is 0 Å². The molecule has 0 N–H and O–H groups in total. The van der Waals surface area contributed by atoms with Crippen molar-refractivity contribution in [2.75, 3.05) is 6.54 Å². The molecule has 2 fully saturated rings. The molecule has 0 aromatic carbocycles. The van der Waals surface area contributed by atoms with Crippen molar-refractivity contribution in [1.29, 1.82) is 0 Å². The zero-order valence-corrected chi connectivity index (χ0v) is 15.2. The van der Waals surface area contributed by atoms with E-state index in [1.165, 1.54) is 18.5 Å². The maximum atomic E-state index is 12.3. The van der Waals surface area contributed by atoms with E-state index < -0.39 is 0 Å². The molecule has 3 aromatic heterocycles. The molecule has 0 spiro atoms. The molecule has 1 aliphatic carbocycles. The summed E-state index contributed by atoms with van der Waals surface area (Å²) in [5.74, 6) is 0.712. The second-order valence-corrected chi connectivity index (χ2v) is 7.47. The third kappa shape index (κ3) is 3.32. The number of rotatable bonds is 6. The van der Waals surface area contributed by atoms with Crippen LogP contribution in [0.2, 0.25) is 0 Å². The van der Waals surface area contributed by atoms with E-state index in [9.17, 15) is 4.79 Å². The van der Waals surface area contributed by atoms with Crippen LogP contribution in [0.3, 0.4) is 0 Å². The fourth-order valence-corrected chi connectivity index (χ4v) is 3.96. The van der Waals surface area contributed by atoms with Gasteiger partial charge >= 0.3 is 0 Å². The van der Waals surface area contributed by atoms with Crippen molar-refractivity contribution >= 4 is 0 Å². The molecule has 1 aliphatic heterocycles. The van der Waals surface area contributed by atoms with Gasteiger partial charge in [-0.1, -0.05) is 0 Å². The number of likely N-dealkylation sites (tertiary alicyclic amines) is 1. The molecule has 1 unspecified atom stereocenters. The van der Waals surface area contributed by atoms with Crippen LogP contribution in [0.1, 0.15) is 37.4 Å². The lowest BCUT2D eigenvalue weighted by molar-refractivity contribution is 0.211. The Hall–Kier alpha value is -2.74. The van der Waals surface area contributed by atoms with Crippen molar-refractivity contribution in [3.05, 3.63) is 59.4 Å². The van der Waals surface area contributed by atoms with Crippen molar-refractivity contribution in [3.8, 4) is 5.82 Å². The molecule has 0 bridgehead atoms. The number of imidazole rings is 2. The van der Waals surface area contributed by atoms with Gasteiger partial charge in [0.1, 0.15) is 6.33 Å². The highest BCUT2D eigenvalue weighted by Gasteiger charge is 2.29. The van der Waals surface area contributed by atoms with Crippen LogP contribution in [0.25, 0.3) is 5.82 Å². The van der Waals surface area contributed by atoms with Crippen LogP contribution in [0.5, 0.6) is 0 Å². The molecule has 4 heterocycles. The van der Waals surface area contributed by atoms with Crippen LogP contribution >= 0.6 is 0 Å². The minimum Gasteiger partial charge on any atom is -0.330 e. The van der Waals surface area contributed by atoms with Crippen LogP contribution in [0.15, 0.2) is 48.2 Å². The minimum absolute atomic E-state index is 0.0614. The highest BCUT2D eigenvalue weighted by Crippen LogP contribution is 2.36. The van der Waals surface area contributed by atoms with Gasteiger partial charge in [-0.05, 0) is 38.3 Å². The van der Waals surface area contributed by atoms with Crippen molar-refractivity contribution < 1.29 is 0 Å². The van der Waals surface area contributed by atoms with Gasteiger partial charge in [0.2, 0.25) is 0 Å². The van der Waals surface area contributed by atoms with Gasteiger partial charge in [-0.2, -0.15) is 5.10 Å². The van der Waals surface area contributed by atoms with Crippen LogP contribution in [0, 0.1) is 0 Å². The Labute approximate surface area is 157 Å². The SMILES string of the molecule is O=c1ccc(-n2ccnc2)nn1CC1CCCN1Cc1cncn1C1CC1. The van der Waals surface area contributed by atoms with E-state index in [1.807, 2.05) is 23.3 Å². The van der Waals surface area contributed by atoms with Crippen molar-refractivity contribution in [2.24, 2.45) is 0 Å². The van der Waals surface area contributed by atoms with Gasteiger partial charge in [-0.3, -0.25) is 14.3 Å². The Balaban J connectivity index is 1.34. The number of nitrogens with zero attached hydrogens (tertiary/aromatic N) is 7. The van der Waals surface area contributed by atoms with Gasteiger partial charge in [0, 0.05) is 43.3 Å². The molecule has 3 aromatic rings. The average molecular weight is 365 g/mol. The van der Waals surface area contributed by atoms with E-state index in [0.717, 1.165) is 25.9 Å². The fourth-order valence-electron chi connectivity index (χ4n) is 3.96. The van der Waals surface area contributed by atoms with E-state index in [1.54, 1.807) is 29.3 Å². The second-order valence-electron chi connectivity index (χ2n) is 7.47. The Morgan fingerprint density at radius 2 is 2.04 bits per heavy atom. The van der Waals surface area contributed by atoms with E-state index in [2.05, 4.69) is 24.5 Å². The molecular weight excluding hydrogens is 342 g/mol. The monoisotopic (exact) mass is 365 g/mol. The van der Waals surface area contributed by atoms with Crippen LogP contribution in [-0.4, -0.2) is 46.4 Å². The van der Waals surface area contributed by atoms with Gasteiger partial charge < -0.3 is 4.57 Å². The van der Waals surface area contributed by atoms with E-state index in [-0.39, 0.29) is 5.56 Å². The molecule has 8 heteroatoms. The zero-order chi connectivity index (χ0) is 18.2. The first-order valence-electron chi connectivity index (χ1n) is 9.59. The molecule has 1 saturated heterocycles. The summed E-state index contributed by atoms with van der Waals surface area (Å²) >= 11 is 0. The summed E-state index contributed by atoms with van der Waals surface area (Å²) in [5.41, 5.74) is 1.21. The third-order valence-electron chi connectivity index (χ3n) is 5.56. The lowest BCUT2D eigenvalue weighted by atomic mass is 10.2. The molecule has 1 atom stereocenters. The third-order valence-corrected chi connectivity index (χ3v) is 5.56. The lowest BCUT2D eigenvalue weighted by Gasteiger charge is -2.25. The Kier molecular flexibility index (Phi) is 4.12. The topological polar surface area (TPSA) is 73.8 Å². The molecule has 27 heavy (non-hydrogen) atoms. The normalized spacial score (nSPS) is 20.4. The quantitative estimate of drug-likeness (QED) is 0.664. The summed E-state index contributed by atoms with van der Waals surface area (Å²) in [6.45, 7) is 2.55. The van der Waals surface area contributed by atoms with E-state index in [4.69, 9.17) is 0 Å². The summed E-state index contributed by atoms with van der Waals surface area (Å²) in [6, 6.07) is 4.28. The molecule has 0 amide bonds. The number of hydrogen-bond acceptors (Lipinski definition) is 5.